The normalized spacial score (nSPS) is 14.7. The lowest BCUT2D eigenvalue weighted by molar-refractivity contribution is 0.190. The van der Waals surface area contributed by atoms with Crippen LogP contribution in [0.25, 0.3) is 0 Å². The van der Waals surface area contributed by atoms with E-state index in [0.29, 0.717) is 6.61 Å². The van der Waals surface area contributed by atoms with Gasteiger partial charge in [0.25, 0.3) is 0 Å². The fraction of sp³-hybridized carbons (Fsp3) is 0.417. The molecule has 3 N–H and O–H groups in total. The number of fused-ring (bicyclic) bond motifs is 1. The van der Waals surface area contributed by atoms with Crippen molar-refractivity contribution >= 4 is 11.7 Å². The number of carbonyl (C=O) groups excluding carboxylic acids is 1. The van der Waals surface area contributed by atoms with E-state index in [2.05, 4.69) is 10.6 Å². The van der Waals surface area contributed by atoms with Crippen molar-refractivity contribution in [1.82, 2.24) is 5.32 Å². The van der Waals surface area contributed by atoms with Crippen LogP contribution in [0.5, 0.6) is 5.75 Å². The molecule has 0 unspecified atom stereocenters. The van der Waals surface area contributed by atoms with E-state index in [1.165, 1.54) is 0 Å². The molecule has 0 spiro atoms. The molecule has 1 heterocycles. The third kappa shape index (κ3) is 2.88. The number of carbonyl (C=O) groups is 1. The zero-order valence-electron chi connectivity index (χ0n) is 9.69. The minimum absolute atomic E-state index is 0.233. The predicted octanol–water partition coefficient (Wildman–Crippen LogP) is 1.12. The van der Waals surface area contributed by atoms with E-state index in [-0.39, 0.29) is 12.6 Å². The number of anilines is 1. The maximum absolute atomic E-state index is 11.5. The van der Waals surface area contributed by atoms with Crippen molar-refractivity contribution in [3.8, 4) is 5.75 Å². The molecule has 92 valence electrons. The number of aliphatic hydroxyl groups excluding tert-OH is 1. The van der Waals surface area contributed by atoms with Crippen molar-refractivity contribution in [2.75, 3.05) is 18.5 Å². The van der Waals surface area contributed by atoms with Gasteiger partial charge in [-0.1, -0.05) is 6.07 Å². The summed E-state index contributed by atoms with van der Waals surface area (Å²) in [5.41, 5.74) is 1.79. The van der Waals surface area contributed by atoms with Crippen molar-refractivity contribution in [1.29, 1.82) is 0 Å². The summed E-state index contributed by atoms with van der Waals surface area (Å²) in [7, 11) is 0. The number of hydrogen-bond acceptors (Lipinski definition) is 3. The first-order chi connectivity index (χ1) is 8.16. The maximum Gasteiger partial charge on any atom is 0.319 e. The van der Waals surface area contributed by atoms with Gasteiger partial charge in [-0.15, -0.1) is 0 Å². The molecule has 0 radical (unpaired) electrons. The van der Waals surface area contributed by atoms with Crippen LogP contribution in [0.1, 0.15) is 12.5 Å². The first-order valence-corrected chi connectivity index (χ1v) is 5.64. The third-order valence-electron chi connectivity index (χ3n) is 2.55. The van der Waals surface area contributed by atoms with Crippen LogP contribution in [-0.2, 0) is 6.42 Å². The summed E-state index contributed by atoms with van der Waals surface area (Å²) in [6.07, 6.45) is 0.257. The van der Waals surface area contributed by atoms with Gasteiger partial charge in [0.15, 0.2) is 0 Å². The monoisotopic (exact) mass is 236 g/mol. The minimum Gasteiger partial charge on any atom is -0.493 e. The highest BCUT2D eigenvalue weighted by Crippen LogP contribution is 2.31. The van der Waals surface area contributed by atoms with Crippen LogP contribution in [0.2, 0.25) is 0 Å². The Balaban J connectivity index is 1.99. The van der Waals surface area contributed by atoms with Crippen molar-refractivity contribution in [2.24, 2.45) is 0 Å². The summed E-state index contributed by atoms with van der Waals surface area (Å²) in [5.74, 6) is 0.832. The molecule has 0 aromatic heterocycles. The van der Waals surface area contributed by atoms with Crippen molar-refractivity contribution < 1.29 is 14.6 Å². The molecule has 2 rings (SSSR count). The van der Waals surface area contributed by atoms with Crippen molar-refractivity contribution in [2.45, 2.75) is 19.4 Å². The number of rotatable bonds is 3. The Bertz CT molecular complexity index is 418. The van der Waals surface area contributed by atoms with Gasteiger partial charge in [-0.3, -0.25) is 0 Å². The van der Waals surface area contributed by atoms with Gasteiger partial charge in [0.05, 0.1) is 12.7 Å². The summed E-state index contributed by atoms with van der Waals surface area (Å²) in [6, 6.07) is 5.26. The van der Waals surface area contributed by atoms with Gasteiger partial charge in [0.1, 0.15) is 5.75 Å². The van der Waals surface area contributed by atoms with E-state index in [1.807, 2.05) is 18.2 Å². The van der Waals surface area contributed by atoms with Gasteiger partial charge in [0, 0.05) is 24.2 Å². The number of ether oxygens (including phenoxy) is 1. The Kier molecular flexibility index (Phi) is 3.49. The van der Waals surface area contributed by atoms with Gasteiger partial charge in [0.2, 0.25) is 0 Å². The first kappa shape index (κ1) is 11.7. The van der Waals surface area contributed by atoms with Crippen LogP contribution in [0.15, 0.2) is 18.2 Å². The summed E-state index contributed by atoms with van der Waals surface area (Å²) in [5, 5.41) is 14.4. The second-order valence-corrected chi connectivity index (χ2v) is 4.06. The minimum atomic E-state index is -0.550. The number of benzene rings is 1. The molecule has 17 heavy (non-hydrogen) atoms. The largest absolute Gasteiger partial charge is 0.493 e. The fourth-order valence-corrected chi connectivity index (χ4v) is 1.75. The molecule has 0 bridgehead atoms. The second-order valence-electron chi connectivity index (χ2n) is 4.06. The Labute approximate surface area is 99.8 Å². The molecule has 5 heteroatoms. The molecular formula is C12H16N2O3. The lowest BCUT2D eigenvalue weighted by Crippen LogP contribution is -2.34. The highest BCUT2D eigenvalue weighted by Gasteiger charge is 2.16. The summed E-state index contributed by atoms with van der Waals surface area (Å²) < 4.78 is 5.41. The number of aliphatic hydroxyl groups is 1. The lowest BCUT2D eigenvalue weighted by Gasteiger charge is -2.11. The average molecular weight is 236 g/mol. The highest BCUT2D eigenvalue weighted by molar-refractivity contribution is 5.90. The molecule has 1 aliphatic rings. The quantitative estimate of drug-likeness (QED) is 0.736. The zero-order chi connectivity index (χ0) is 12.3. The van der Waals surface area contributed by atoms with Crippen molar-refractivity contribution in [3.05, 3.63) is 23.8 Å². The van der Waals surface area contributed by atoms with Crippen molar-refractivity contribution in [3.63, 3.8) is 0 Å². The standard InChI is InChI=1S/C12H16N2O3/c1-8(15)7-13-12(16)14-10-3-2-4-11-9(10)5-6-17-11/h2-4,8,15H,5-7H2,1H3,(H2,13,14,16)/t8-/m0/s1. The molecule has 5 nitrogen and oxygen atoms in total. The molecule has 0 saturated carbocycles. The van der Waals surface area contributed by atoms with Crippen LogP contribution >= 0.6 is 0 Å². The highest BCUT2D eigenvalue weighted by atomic mass is 16.5. The van der Waals surface area contributed by atoms with Crippen LogP contribution in [0, 0.1) is 0 Å². The van der Waals surface area contributed by atoms with E-state index in [4.69, 9.17) is 9.84 Å². The molecular weight excluding hydrogens is 220 g/mol. The number of hydrogen-bond donors (Lipinski definition) is 3. The van der Waals surface area contributed by atoms with E-state index in [0.717, 1.165) is 23.4 Å². The van der Waals surface area contributed by atoms with E-state index >= 15 is 0 Å². The number of nitrogens with one attached hydrogen (secondary N) is 2. The molecule has 1 aliphatic heterocycles. The van der Waals surface area contributed by atoms with Gasteiger partial charge in [-0.2, -0.15) is 0 Å². The summed E-state index contributed by atoms with van der Waals surface area (Å²) >= 11 is 0. The van der Waals surface area contributed by atoms with E-state index in [9.17, 15) is 4.79 Å². The van der Waals surface area contributed by atoms with Gasteiger partial charge in [-0.25, -0.2) is 4.79 Å². The molecule has 0 aliphatic carbocycles. The molecule has 2 amide bonds. The molecule has 1 aromatic rings. The van der Waals surface area contributed by atoms with Crippen LogP contribution in [-0.4, -0.2) is 30.4 Å². The predicted molar refractivity (Wildman–Crippen MR) is 64.3 cm³/mol. The van der Waals surface area contributed by atoms with Crippen LogP contribution < -0.4 is 15.4 Å². The number of urea groups is 1. The maximum atomic E-state index is 11.5. The molecule has 1 aromatic carbocycles. The second kappa shape index (κ2) is 5.05. The van der Waals surface area contributed by atoms with E-state index < -0.39 is 6.10 Å². The Hall–Kier alpha value is -1.75. The van der Waals surface area contributed by atoms with Crippen LogP contribution in [0.3, 0.4) is 0 Å². The Morgan fingerprint density at radius 3 is 3.18 bits per heavy atom. The smallest absolute Gasteiger partial charge is 0.319 e. The Morgan fingerprint density at radius 1 is 1.59 bits per heavy atom. The van der Waals surface area contributed by atoms with Gasteiger partial charge >= 0.3 is 6.03 Å². The summed E-state index contributed by atoms with van der Waals surface area (Å²) in [4.78, 5) is 11.5. The van der Waals surface area contributed by atoms with E-state index in [1.54, 1.807) is 6.92 Å². The fourth-order valence-electron chi connectivity index (χ4n) is 1.75. The zero-order valence-corrected chi connectivity index (χ0v) is 9.69. The Morgan fingerprint density at radius 2 is 2.41 bits per heavy atom. The van der Waals surface area contributed by atoms with Gasteiger partial charge < -0.3 is 20.5 Å². The van der Waals surface area contributed by atoms with Gasteiger partial charge in [-0.05, 0) is 19.1 Å². The third-order valence-corrected chi connectivity index (χ3v) is 2.55. The average Bonchev–Trinajstić information content (AvgIpc) is 2.75. The first-order valence-electron chi connectivity index (χ1n) is 5.64. The topological polar surface area (TPSA) is 70.6 Å². The number of amides is 2. The molecule has 0 fully saturated rings. The molecule has 1 atom stereocenters. The van der Waals surface area contributed by atoms with Crippen LogP contribution in [0.4, 0.5) is 10.5 Å². The SMILES string of the molecule is C[C@H](O)CNC(=O)Nc1cccc2c1CCO2. The lowest BCUT2D eigenvalue weighted by atomic mass is 10.1. The molecule has 0 saturated heterocycles. The summed E-state index contributed by atoms with van der Waals surface area (Å²) in [6.45, 7) is 2.51.